The highest BCUT2D eigenvalue weighted by atomic mass is 35.5. The maximum atomic E-state index is 11.2. The summed E-state index contributed by atoms with van der Waals surface area (Å²) < 4.78 is 4.99. The van der Waals surface area contributed by atoms with Crippen LogP contribution in [0.4, 0.5) is 0 Å². The van der Waals surface area contributed by atoms with Crippen LogP contribution in [-0.2, 0) is 0 Å². The van der Waals surface area contributed by atoms with Gasteiger partial charge in [-0.1, -0.05) is 11.6 Å². The molecule has 1 rings (SSSR count). The average Bonchev–Trinajstić information content (AvgIpc) is 2.19. The first-order chi connectivity index (χ1) is 6.60. The molecule has 1 aromatic carbocycles. The molecule has 76 valence electrons. The van der Waals surface area contributed by atoms with E-state index in [1.807, 2.05) is 0 Å². The Morgan fingerprint density at radius 3 is 2.71 bits per heavy atom. The lowest BCUT2D eigenvalue weighted by atomic mass is 10.0. The van der Waals surface area contributed by atoms with Crippen LogP contribution in [0.3, 0.4) is 0 Å². The van der Waals surface area contributed by atoms with Gasteiger partial charge in [0.25, 0.3) is 0 Å². The number of hydrogen-bond acceptors (Lipinski definition) is 3. The van der Waals surface area contributed by atoms with E-state index in [0.717, 1.165) is 5.56 Å². The summed E-state index contributed by atoms with van der Waals surface area (Å²) in [6.07, 6.45) is 0. The molecule has 0 spiro atoms. The Kier molecular flexibility index (Phi) is 3.49. The van der Waals surface area contributed by atoms with Gasteiger partial charge in [0, 0.05) is 5.56 Å². The van der Waals surface area contributed by atoms with Crippen LogP contribution in [0.2, 0.25) is 5.02 Å². The molecular weight excluding hydrogens is 204 g/mol. The summed E-state index contributed by atoms with van der Waals surface area (Å²) in [4.78, 5) is 11.2. The number of hydrogen-bond donors (Lipinski definition) is 1. The summed E-state index contributed by atoms with van der Waals surface area (Å²) in [6, 6.07) is 3.18. The van der Waals surface area contributed by atoms with Crippen molar-refractivity contribution < 1.29 is 14.6 Å². The van der Waals surface area contributed by atoms with E-state index < -0.39 is 6.61 Å². The van der Waals surface area contributed by atoms with Crippen molar-refractivity contribution in [1.29, 1.82) is 0 Å². The highest BCUT2D eigenvalue weighted by molar-refractivity contribution is 6.32. The lowest BCUT2D eigenvalue weighted by Crippen LogP contribution is -2.06. The molecule has 3 nitrogen and oxygen atoms in total. The average molecular weight is 215 g/mol. The summed E-state index contributed by atoms with van der Waals surface area (Å²) in [5.41, 5.74) is 1.17. The molecule has 14 heavy (non-hydrogen) atoms. The van der Waals surface area contributed by atoms with Gasteiger partial charge >= 0.3 is 0 Å². The summed E-state index contributed by atoms with van der Waals surface area (Å²) in [6.45, 7) is 1.26. The fourth-order valence-electron chi connectivity index (χ4n) is 1.20. The first-order valence-corrected chi connectivity index (χ1v) is 4.46. The van der Waals surface area contributed by atoms with Gasteiger partial charge < -0.3 is 9.84 Å². The van der Waals surface area contributed by atoms with Crippen molar-refractivity contribution in [2.45, 2.75) is 6.92 Å². The van der Waals surface area contributed by atoms with Gasteiger partial charge in [0.05, 0.1) is 12.1 Å². The van der Waals surface area contributed by atoms with Gasteiger partial charge in [0.15, 0.2) is 5.78 Å². The molecule has 0 heterocycles. The van der Waals surface area contributed by atoms with Gasteiger partial charge in [0.2, 0.25) is 0 Å². The van der Waals surface area contributed by atoms with E-state index >= 15 is 0 Å². The lowest BCUT2D eigenvalue weighted by molar-refractivity contribution is 0.0903. The third kappa shape index (κ3) is 2.05. The van der Waals surface area contributed by atoms with Gasteiger partial charge in [-0.2, -0.15) is 0 Å². The number of Topliss-reactive ketones (excluding diaryl/α,β-unsaturated/α-hetero) is 1. The summed E-state index contributed by atoms with van der Waals surface area (Å²) in [7, 11) is 1.51. The highest BCUT2D eigenvalue weighted by Gasteiger charge is 2.11. The van der Waals surface area contributed by atoms with E-state index in [4.69, 9.17) is 21.4 Å². The summed E-state index contributed by atoms with van der Waals surface area (Å²) in [5, 5.41) is 9.08. The molecule has 0 bridgehead atoms. The smallest absolute Gasteiger partial charge is 0.188 e. The maximum absolute atomic E-state index is 11.2. The number of aryl methyl sites for hydroxylation is 1. The van der Waals surface area contributed by atoms with Gasteiger partial charge in [-0.05, 0) is 24.6 Å². The molecule has 0 aliphatic carbocycles. The number of aliphatic hydroxyl groups excluding tert-OH is 1. The van der Waals surface area contributed by atoms with Crippen LogP contribution >= 0.6 is 11.6 Å². The van der Waals surface area contributed by atoms with Crippen molar-refractivity contribution in [3.63, 3.8) is 0 Å². The Morgan fingerprint density at radius 2 is 2.21 bits per heavy atom. The molecule has 0 saturated carbocycles. The fourth-order valence-corrected chi connectivity index (χ4v) is 1.44. The molecule has 0 atom stereocenters. The number of rotatable bonds is 3. The third-order valence-electron chi connectivity index (χ3n) is 1.94. The number of carbonyl (C=O) groups excluding carboxylic acids is 1. The molecule has 0 saturated heterocycles. The first-order valence-electron chi connectivity index (χ1n) is 4.08. The number of ether oxygens (including phenoxy) is 1. The van der Waals surface area contributed by atoms with E-state index in [9.17, 15) is 4.79 Å². The number of benzene rings is 1. The monoisotopic (exact) mass is 214 g/mol. The fraction of sp³-hybridized carbons (Fsp3) is 0.300. The minimum Gasteiger partial charge on any atom is -0.495 e. The Bertz CT molecular complexity index is 361. The quantitative estimate of drug-likeness (QED) is 0.781. The number of halogens is 1. The van der Waals surface area contributed by atoms with E-state index in [-0.39, 0.29) is 5.78 Å². The zero-order valence-electron chi connectivity index (χ0n) is 8.00. The Morgan fingerprint density at radius 1 is 1.57 bits per heavy atom. The molecular formula is C10H11ClO3. The molecule has 0 amide bonds. The second-order valence-corrected chi connectivity index (χ2v) is 3.29. The first kappa shape index (κ1) is 11.0. The molecule has 0 aliphatic heterocycles. The van der Waals surface area contributed by atoms with Crippen molar-refractivity contribution in [1.82, 2.24) is 0 Å². The Balaban J connectivity index is 3.21. The Hall–Kier alpha value is -1.06. The molecule has 1 N–H and O–H groups in total. The molecule has 0 unspecified atom stereocenters. The predicted molar refractivity (Wildman–Crippen MR) is 54.2 cm³/mol. The predicted octanol–water partition coefficient (Wildman–Crippen LogP) is 1.83. The minimum atomic E-state index is -0.510. The van der Waals surface area contributed by atoms with E-state index in [0.29, 0.717) is 16.3 Å². The van der Waals surface area contributed by atoms with E-state index in [1.165, 1.54) is 13.2 Å². The number of aliphatic hydroxyl groups is 1. The Labute approximate surface area is 87.3 Å². The van der Waals surface area contributed by atoms with Crippen LogP contribution < -0.4 is 4.74 Å². The molecule has 0 aliphatic rings. The van der Waals surface area contributed by atoms with Crippen molar-refractivity contribution in [2.75, 3.05) is 13.7 Å². The number of methoxy groups -OCH3 is 1. The van der Waals surface area contributed by atoms with Crippen molar-refractivity contribution in [3.8, 4) is 5.75 Å². The zero-order valence-corrected chi connectivity index (χ0v) is 8.76. The summed E-state index contributed by atoms with van der Waals surface area (Å²) in [5.74, 6) is 0.186. The van der Waals surface area contributed by atoms with Gasteiger partial charge in [0.1, 0.15) is 12.4 Å². The van der Waals surface area contributed by atoms with E-state index in [1.54, 1.807) is 13.0 Å². The lowest BCUT2D eigenvalue weighted by Gasteiger charge is -2.08. The van der Waals surface area contributed by atoms with Crippen molar-refractivity contribution >= 4 is 17.4 Å². The van der Waals surface area contributed by atoms with Crippen LogP contribution in [0.1, 0.15) is 15.9 Å². The molecule has 0 radical (unpaired) electrons. The topological polar surface area (TPSA) is 46.5 Å². The van der Waals surface area contributed by atoms with Crippen LogP contribution in [-0.4, -0.2) is 24.6 Å². The third-order valence-corrected chi connectivity index (χ3v) is 2.24. The highest BCUT2D eigenvalue weighted by Crippen LogP contribution is 2.27. The molecule has 0 aromatic heterocycles. The van der Waals surface area contributed by atoms with Crippen LogP contribution in [0.5, 0.6) is 5.75 Å². The normalized spacial score (nSPS) is 10.0. The largest absolute Gasteiger partial charge is 0.495 e. The van der Waals surface area contributed by atoms with Crippen LogP contribution in [0.15, 0.2) is 12.1 Å². The zero-order chi connectivity index (χ0) is 10.7. The van der Waals surface area contributed by atoms with Crippen LogP contribution in [0, 0.1) is 6.92 Å². The van der Waals surface area contributed by atoms with Crippen LogP contribution in [0.25, 0.3) is 0 Å². The number of carbonyl (C=O) groups is 1. The molecule has 1 aromatic rings. The second kappa shape index (κ2) is 4.44. The second-order valence-electron chi connectivity index (χ2n) is 2.88. The number of ketones is 1. The van der Waals surface area contributed by atoms with Gasteiger partial charge in [-0.25, -0.2) is 0 Å². The standard InChI is InChI=1S/C10H11ClO3/c1-6-3-10(14-2)8(11)4-7(6)9(13)5-12/h3-4,12H,5H2,1-2H3. The SMILES string of the molecule is COc1cc(C)c(C(=O)CO)cc1Cl. The minimum absolute atomic E-state index is 0.341. The maximum Gasteiger partial charge on any atom is 0.188 e. The molecule has 0 fully saturated rings. The summed E-state index contributed by atoms with van der Waals surface area (Å²) >= 11 is 5.84. The van der Waals surface area contributed by atoms with Gasteiger partial charge in [-0.3, -0.25) is 4.79 Å². The van der Waals surface area contributed by atoms with Crippen molar-refractivity contribution in [2.24, 2.45) is 0 Å². The van der Waals surface area contributed by atoms with E-state index in [2.05, 4.69) is 0 Å². The molecule has 4 heteroatoms. The van der Waals surface area contributed by atoms with Gasteiger partial charge in [-0.15, -0.1) is 0 Å². The van der Waals surface area contributed by atoms with Crippen molar-refractivity contribution in [3.05, 3.63) is 28.3 Å².